The van der Waals surface area contributed by atoms with E-state index in [0.29, 0.717) is 5.69 Å². The van der Waals surface area contributed by atoms with Crippen LogP contribution in [-0.2, 0) is 0 Å². The lowest BCUT2D eigenvalue weighted by molar-refractivity contribution is 0.449. The number of pyridine rings is 2. The zero-order valence-corrected chi connectivity index (χ0v) is 13.0. The fourth-order valence-electron chi connectivity index (χ4n) is 2.69. The Hall–Kier alpha value is -3.74. The molecule has 122 valence electrons. The molecule has 1 aliphatic rings. The van der Waals surface area contributed by atoms with Crippen LogP contribution in [0.2, 0.25) is 0 Å². The van der Waals surface area contributed by atoms with Gasteiger partial charge >= 0.3 is 0 Å². The van der Waals surface area contributed by atoms with Gasteiger partial charge in [0.2, 0.25) is 5.88 Å². The average Bonchev–Trinajstić information content (AvgIpc) is 2.98. The molecule has 0 radical (unpaired) electrons. The van der Waals surface area contributed by atoms with Crippen molar-refractivity contribution in [3.63, 3.8) is 0 Å². The minimum Gasteiger partial charge on any atom is -0.494 e. The van der Waals surface area contributed by atoms with Crippen molar-refractivity contribution >= 4 is 17.6 Å². The van der Waals surface area contributed by atoms with Crippen molar-refractivity contribution in [2.75, 3.05) is 5.01 Å². The highest BCUT2D eigenvalue weighted by Gasteiger charge is 2.26. The van der Waals surface area contributed by atoms with Crippen molar-refractivity contribution in [3.05, 3.63) is 86.9 Å². The van der Waals surface area contributed by atoms with Crippen LogP contribution < -0.4 is 21.1 Å². The van der Waals surface area contributed by atoms with Gasteiger partial charge in [0.25, 0.3) is 5.56 Å². The number of rotatable bonds is 2. The summed E-state index contributed by atoms with van der Waals surface area (Å²) in [6.45, 7) is 0. The van der Waals surface area contributed by atoms with Gasteiger partial charge in [0, 0.05) is 12.4 Å². The Morgan fingerprint density at radius 1 is 1.16 bits per heavy atom. The van der Waals surface area contributed by atoms with Crippen LogP contribution in [0.5, 0.6) is 5.88 Å². The van der Waals surface area contributed by atoms with Crippen molar-refractivity contribution in [2.24, 2.45) is 5.10 Å². The summed E-state index contributed by atoms with van der Waals surface area (Å²) in [5.41, 5.74) is 1.11. The molecule has 3 heterocycles. The molecule has 7 heteroatoms. The average molecular weight is 331 g/mol. The molecule has 0 saturated carbocycles. The number of H-pyrrole nitrogens is 1. The summed E-state index contributed by atoms with van der Waals surface area (Å²) in [6.07, 6.45) is 4.89. The van der Waals surface area contributed by atoms with Crippen molar-refractivity contribution in [1.82, 2.24) is 9.97 Å². The topological polar surface area (TPSA) is 105 Å². The zero-order chi connectivity index (χ0) is 17.4. The molecule has 0 fully saturated rings. The predicted octanol–water partition coefficient (Wildman–Crippen LogP) is 0.684. The minimum absolute atomic E-state index is 0.00390. The number of aromatic hydroxyl groups is 1. The molecule has 0 atom stereocenters. The summed E-state index contributed by atoms with van der Waals surface area (Å²) < 4.78 is 0. The van der Waals surface area contributed by atoms with Gasteiger partial charge in [-0.15, -0.1) is 0 Å². The number of benzene rings is 1. The van der Waals surface area contributed by atoms with Gasteiger partial charge in [0.15, 0.2) is 5.84 Å². The first-order valence-electron chi connectivity index (χ1n) is 7.55. The Morgan fingerprint density at radius 3 is 2.68 bits per heavy atom. The van der Waals surface area contributed by atoms with Gasteiger partial charge in [0.1, 0.15) is 10.9 Å². The number of hydrogen-bond donors (Lipinski definition) is 3. The number of hydrogen-bond acceptors (Lipinski definition) is 5. The molecule has 7 nitrogen and oxygen atoms in total. The third-order valence-corrected chi connectivity index (χ3v) is 3.85. The molecule has 0 bridgehead atoms. The van der Waals surface area contributed by atoms with Gasteiger partial charge in [-0.2, -0.15) is 5.10 Å². The van der Waals surface area contributed by atoms with Gasteiger partial charge in [0.05, 0.1) is 10.9 Å². The van der Waals surface area contributed by atoms with E-state index < -0.39 is 5.56 Å². The van der Waals surface area contributed by atoms with E-state index in [1.54, 1.807) is 42.7 Å². The Balaban J connectivity index is 2.00. The molecule has 0 aliphatic carbocycles. The summed E-state index contributed by atoms with van der Waals surface area (Å²) >= 11 is 0. The van der Waals surface area contributed by atoms with E-state index in [-0.39, 0.29) is 27.9 Å². The highest BCUT2D eigenvalue weighted by molar-refractivity contribution is 6.10. The fourth-order valence-corrected chi connectivity index (χ4v) is 2.69. The van der Waals surface area contributed by atoms with Gasteiger partial charge in [-0.05, 0) is 29.8 Å². The quantitative estimate of drug-likeness (QED) is 0.642. The molecule has 2 aromatic heterocycles. The molecule has 0 spiro atoms. The molecule has 0 amide bonds. The lowest BCUT2D eigenvalue weighted by Crippen LogP contribution is -2.42. The zero-order valence-electron chi connectivity index (χ0n) is 13.0. The van der Waals surface area contributed by atoms with Crippen molar-refractivity contribution in [2.45, 2.75) is 0 Å². The number of amidine groups is 1. The number of nitrogens with zero attached hydrogens (tertiary/aromatic N) is 3. The highest BCUT2D eigenvalue weighted by atomic mass is 16.3. The second kappa shape index (κ2) is 5.72. The molecule has 3 N–H and O–H groups in total. The first kappa shape index (κ1) is 14.8. The van der Waals surface area contributed by atoms with Crippen LogP contribution in [-0.4, -0.2) is 20.9 Å². The second-order valence-electron chi connectivity index (χ2n) is 5.47. The molecule has 1 aromatic carbocycles. The van der Waals surface area contributed by atoms with Crippen molar-refractivity contribution in [1.29, 1.82) is 5.41 Å². The maximum absolute atomic E-state index is 12.3. The fraction of sp³-hybridized carbons (Fsp3) is 0. The largest absolute Gasteiger partial charge is 0.494 e. The van der Waals surface area contributed by atoms with Crippen LogP contribution in [0.15, 0.2) is 64.8 Å². The predicted molar refractivity (Wildman–Crippen MR) is 93.1 cm³/mol. The van der Waals surface area contributed by atoms with E-state index in [0.717, 1.165) is 5.56 Å². The molecule has 4 rings (SSSR count). The first-order valence-corrected chi connectivity index (χ1v) is 7.55. The van der Waals surface area contributed by atoms with Crippen LogP contribution in [0.25, 0.3) is 6.08 Å². The summed E-state index contributed by atoms with van der Waals surface area (Å²) in [6, 6.07) is 12.7. The van der Waals surface area contributed by atoms with Crippen LogP contribution in [0, 0.1) is 5.41 Å². The van der Waals surface area contributed by atoms with Gasteiger partial charge in [-0.25, -0.2) is 5.01 Å². The molecule has 0 saturated heterocycles. The number of nitrogens with one attached hydrogen (secondary N) is 2. The van der Waals surface area contributed by atoms with Crippen LogP contribution in [0.4, 0.5) is 5.69 Å². The summed E-state index contributed by atoms with van der Waals surface area (Å²) in [7, 11) is 0. The van der Waals surface area contributed by atoms with Crippen molar-refractivity contribution in [3.8, 4) is 5.88 Å². The smallest absolute Gasteiger partial charge is 0.260 e. The maximum Gasteiger partial charge on any atom is 0.260 e. The summed E-state index contributed by atoms with van der Waals surface area (Å²) in [5, 5.41) is 24.8. The molecule has 25 heavy (non-hydrogen) atoms. The summed E-state index contributed by atoms with van der Waals surface area (Å²) in [5.74, 6) is -0.369. The standard InChI is InChI=1S/C18H13N5O2/c19-16-14-15(22-23(16)12-6-2-1-3-7-12)13(17(24)21-18(14)25)9-11-5-4-8-20-10-11/h1-10,19,25H,(H,21,24)/b13-9+,19-16?. The number of para-hydroxylation sites is 1. The van der Waals surface area contributed by atoms with Crippen LogP contribution >= 0.6 is 0 Å². The third kappa shape index (κ3) is 2.47. The SMILES string of the molecule is N=C1c2c(O)[nH]c(=O)/c(=C/c3cccnc3)c2=NN1c1ccccc1. The molecule has 1 aliphatic heterocycles. The van der Waals surface area contributed by atoms with E-state index in [2.05, 4.69) is 15.1 Å². The Bertz CT molecular complexity index is 1140. The highest BCUT2D eigenvalue weighted by Crippen LogP contribution is 2.21. The first-order chi connectivity index (χ1) is 12.1. The Kier molecular flexibility index (Phi) is 3.39. The van der Waals surface area contributed by atoms with E-state index in [9.17, 15) is 9.90 Å². The maximum atomic E-state index is 12.3. The molecular weight excluding hydrogens is 318 g/mol. The lowest BCUT2D eigenvalue weighted by atomic mass is 10.1. The normalized spacial score (nSPS) is 13.7. The Morgan fingerprint density at radius 2 is 1.96 bits per heavy atom. The van der Waals surface area contributed by atoms with Crippen LogP contribution in [0.3, 0.4) is 0 Å². The monoisotopic (exact) mass is 331 g/mol. The third-order valence-electron chi connectivity index (χ3n) is 3.85. The van der Waals surface area contributed by atoms with Gasteiger partial charge in [-0.3, -0.25) is 20.2 Å². The molecular formula is C18H13N5O2. The lowest BCUT2D eigenvalue weighted by Gasteiger charge is -2.13. The molecule has 3 aromatic rings. The van der Waals surface area contributed by atoms with E-state index in [1.807, 2.05) is 18.2 Å². The van der Waals surface area contributed by atoms with Gasteiger partial charge < -0.3 is 5.11 Å². The van der Waals surface area contributed by atoms with E-state index >= 15 is 0 Å². The summed E-state index contributed by atoms with van der Waals surface area (Å²) in [4.78, 5) is 18.7. The number of aromatic nitrogens is 2. The second-order valence-corrected chi connectivity index (χ2v) is 5.47. The molecule has 0 unspecified atom stereocenters. The van der Waals surface area contributed by atoms with E-state index in [4.69, 9.17) is 5.41 Å². The van der Waals surface area contributed by atoms with Gasteiger partial charge in [-0.1, -0.05) is 24.3 Å². The van der Waals surface area contributed by atoms with E-state index in [1.165, 1.54) is 5.01 Å². The number of fused-ring (bicyclic) bond motifs is 1. The van der Waals surface area contributed by atoms with Crippen LogP contribution in [0.1, 0.15) is 11.1 Å². The minimum atomic E-state index is -0.480. The number of anilines is 1. The van der Waals surface area contributed by atoms with Crippen molar-refractivity contribution < 1.29 is 5.11 Å². The Labute approximate surface area is 141 Å². The number of aromatic amines is 1.